The minimum absolute atomic E-state index is 0.0252. The van der Waals surface area contributed by atoms with Crippen LogP contribution in [-0.2, 0) is 11.3 Å². The maximum Gasteiger partial charge on any atom is 0.241 e. The van der Waals surface area contributed by atoms with Crippen molar-refractivity contribution in [3.63, 3.8) is 0 Å². The van der Waals surface area contributed by atoms with Gasteiger partial charge < -0.3 is 15.5 Å². The van der Waals surface area contributed by atoms with E-state index in [1.807, 2.05) is 0 Å². The van der Waals surface area contributed by atoms with Crippen LogP contribution in [0.5, 0.6) is 0 Å². The Morgan fingerprint density at radius 1 is 1.24 bits per heavy atom. The van der Waals surface area contributed by atoms with E-state index < -0.39 is 0 Å². The van der Waals surface area contributed by atoms with Crippen molar-refractivity contribution >= 4 is 11.9 Å². The first kappa shape index (κ1) is 16.9. The second-order valence-electron chi connectivity index (χ2n) is 4.86. The summed E-state index contributed by atoms with van der Waals surface area (Å²) in [5.41, 5.74) is 0.910. The first-order valence-corrected chi connectivity index (χ1v) is 6.99. The topological polar surface area (TPSA) is 56.7 Å². The number of rotatable bonds is 6. The Morgan fingerprint density at radius 3 is 2.48 bits per heavy atom. The molecule has 0 fully saturated rings. The molecule has 0 heterocycles. The van der Waals surface area contributed by atoms with E-state index in [1.165, 1.54) is 17.0 Å². The lowest BCUT2D eigenvalue weighted by atomic mass is 10.2. The molecule has 2 N–H and O–H groups in total. The van der Waals surface area contributed by atoms with Crippen molar-refractivity contribution in [2.75, 3.05) is 27.2 Å². The largest absolute Gasteiger partial charge is 0.356 e. The number of likely N-dealkylation sites (N-methyl/N-ethyl adjacent to an activating group) is 1. The van der Waals surface area contributed by atoms with E-state index in [-0.39, 0.29) is 18.3 Å². The van der Waals surface area contributed by atoms with Crippen molar-refractivity contribution in [2.45, 2.75) is 19.9 Å². The fourth-order valence-corrected chi connectivity index (χ4v) is 1.50. The SMILES string of the molecule is CCCNC(=NCc1ccc(F)cc1)NCC(=O)N(C)C. The van der Waals surface area contributed by atoms with E-state index in [4.69, 9.17) is 0 Å². The van der Waals surface area contributed by atoms with Gasteiger partial charge in [-0.2, -0.15) is 0 Å². The molecule has 0 radical (unpaired) electrons. The Kier molecular flexibility index (Phi) is 7.21. The number of halogens is 1. The van der Waals surface area contributed by atoms with Crippen LogP contribution in [0.2, 0.25) is 0 Å². The van der Waals surface area contributed by atoms with E-state index in [0.717, 1.165) is 18.5 Å². The minimum Gasteiger partial charge on any atom is -0.356 e. The van der Waals surface area contributed by atoms with E-state index in [2.05, 4.69) is 22.5 Å². The monoisotopic (exact) mass is 294 g/mol. The van der Waals surface area contributed by atoms with E-state index in [1.54, 1.807) is 26.2 Å². The van der Waals surface area contributed by atoms with Crippen molar-refractivity contribution in [3.8, 4) is 0 Å². The van der Waals surface area contributed by atoms with Crippen molar-refractivity contribution < 1.29 is 9.18 Å². The third-order valence-electron chi connectivity index (χ3n) is 2.78. The molecule has 0 saturated heterocycles. The highest BCUT2D eigenvalue weighted by molar-refractivity contribution is 5.86. The Morgan fingerprint density at radius 2 is 1.90 bits per heavy atom. The third kappa shape index (κ3) is 6.74. The molecular weight excluding hydrogens is 271 g/mol. The predicted octanol–water partition coefficient (Wildman–Crippen LogP) is 1.36. The summed E-state index contributed by atoms with van der Waals surface area (Å²) in [6.07, 6.45) is 0.957. The fourth-order valence-electron chi connectivity index (χ4n) is 1.50. The zero-order valence-corrected chi connectivity index (χ0v) is 12.8. The third-order valence-corrected chi connectivity index (χ3v) is 2.78. The van der Waals surface area contributed by atoms with E-state index >= 15 is 0 Å². The Balaban J connectivity index is 2.60. The number of aliphatic imine (C=N–C) groups is 1. The molecule has 5 nitrogen and oxygen atoms in total. The number of hydrogen-bond donors (Lipinski definition) is 2. The molecule has 0 aromatic heterocycles. The molecule has 1 aromatic carbocycles. The van der Waals surface area contributed by atoms with E-state index in [0.29, 0.717) is 12.5 Å². The first-order chi connectivity index (χ1) is 10.0. The highest BCUT2D eigenvalue weighted by Crippen LogP contribution is 2.03. The van der Waals surface area contributed by atoms with Gasteiger partial charge in [0.05, 0.1) is 13.1 Å². The number of nitrogens with zero attached hydrogens (tertiary/aromatic N) is 2. The molecule has 0 aliphatic carbocycles. The Labute approximate surface area is 125 Å². The number of benzene rings is 1. The summed E-state index contributed by atoms with van der Waals surface area (Å²) in [6, 6.07) is 6.21. The summed E-state index contributed by atoms with van der Waals surface area (Å²) < 4.78 is 12.8. The van der Waals surface area contributed by atoms with Crippen molar-refractivity contribution in [2.24, 2.45) is 4.99 Å². The summed E-state index contributed by atoms with van der Waals surface area (Å²) in [6.45, 7) is 3.43. The van der Waals surface area contributed by atoms with Crippen LogP contribution in [0.3, 0.4) is 0 Å². The molecule has 116 valence electrons. The molecule has 6 heteroatoms. The molecular formula is C15H23FN4O. The van der Waals surface area contributed by atoms with Crippen LogP contribution < -0.4 is 10.6 Å². The molecule has 1 rings (SSSR count). The lowest BCUT2D eigenvalue weighted by molar-refractivity contribution is -0.127. The normalized spacial score (nSPS) is 11.1. The van der Waals surface area contributed by atoms with Gasteiger partial charge in [0.15, 0.2) is 5.96 Å². The van der Waals surface area contributed by atoms with Gasteiger partial charge in [-0.3, -0.25) is 4.79 Å². The van der Waals surface area contributed by atoms with E-state index in [9.17, 15) is 9.18 Å². The summed E-state index contributed by atoms with van der Waals surface area (Å²) in [5, 5.41) is 6.13. The van der Waals surface area contributed by atoms with Crippen molar-refractivity contribution in [1.29, 1.82) is 0 Å². The summed E-state index contributed by atoms with van der Waals surface area (Å²) in [5.74, 6) is 0.293. The quantitative estimate of drug-likeness (QED) is 0.615. The van der Waals surface area contributed by atoms with Crippen LogP contribution in [0.15, 0.2) is 29.3 Å². The van der Waals surface area contributed by atoms with Crippen molar-refractivity contribution in [1.82, 2.24) is 15.5 Å². The summed E-state index contributed by atoms with van der Waals surface area (Å²) in [4.78, 5) is 17.5. The number of amides is 1. The molecule has 0 aliphatic heterocycles. The average molecular weight is 294 g/mol. The summed E-state index contributed by atoms with van der Waals surface area (Å²) in [7, 11) is 3.41. The number of nitrogens with one attached hydrogen (secondary N) is 2. The van der Waals surface area contributed by atoms with Crippen LogP contribution in [-0.4, -0.2) is 44.0 Å². The van der Waals surface area contributed by atoms with Crippen LogP contribution in [0.25, 0.3) is 0 Å². The molecule has 1 aromatic rings. The first-order valence-electron chi connectivity index (χ1n) is 6.99. The molecule has 21 heavy (non-hydrogen) atoms. The summed E-state index contributed by atoms with van der Waals surface area (Å²) >= 11 is 0. The molecule has 0 unspecified atom stereocenters. The number of carbonyl (C=O) groups excluding carboxylic acids is 1. The zero-order chi connectivity index (χ0) is 15.7. The maximum absolute atomic E-state index is 12.8. The second kappa shape index (κ2) is 8.94. The van der Waals surface area contributed by atoms with Crippen molar-refractivity contribution in [3.05, 3.63) is 35.6 Å². The average Bonchev–Trinajstić information content (AvgIpc) is 2.47. The smallest absolute Gasteiger partial charge is 0.241 e. The van der Waals surface area contributed by atoms with Crippen LogP contribution in [0.1, 0.15) is 18.9 Å². The minimum atomic E-state index is -0.262. The lowest BCUT2D eigenvalue weighted by Crippen LogP contribution is -2.43. The maximum atomic E-state index is 12.8. The Bertz CT molecular complexity index is 471. The van der Waals surface area contributed by atoms with Gasteiger partial charge in [-0.05, 0) is 24.1 Å². The molecule has 0 spiro atoms. The van der Waals surface area contributed by atoms with Gasteiger partial charge in [-0.15, -0.1) is 0 Å². The number of guanidine groups is 1. The predicted molar refractivity (Wildman–Crippen MR) is 82.5 cm³/mol. The van der Waals surface area contributed by atoms with Crippen LogP contribution >= 0.6 is 0 Å². The molecule has 1 amide bonds. The Hall–Kier alpha value is -2.11. The zero-order valence-electron chi connectivity index (χ0n) is 12.8. The van der Waals surface area contributed by atoms with Gasteiger partial charge in [0.1, 0.15) is 5.82 Å². The number of carbonyl (C=O) groups is 1. The van der Waals surface area contributed by atoms with Gasteiger partial charge in [-0.1, -0.05) is 19.1 Å². The fraction of sp³-hybridized carbons (Fsp3) is 0.467. The van der Waals surface area contributed by atoms with Gasteiger partial charge in [0.25, 0.3) is 0 Å². The molecule has 0 saturated carbocycles. The van der Waals surface area contributed by atoms with Crippen LogP contribution in [0.4, 0.5) is 4.39 Å². The standard InChI is InChI=1S/C15H23FN4O/c1-4-9-17-15(19-11-14(21)20(2)3)18-10-12-5-7-13(16)8-6-12/h5-8H,4,9-11H2,1-3H3,(H2,17,18,19). The van der Waals surface area contributed by atoms with Gasteiger partial charge >= 0.3 is 0 Å². The van der Waals surface area contributed by atoms with Crippen LogP contribution in [0, 0.1) is 5.82 Å². The molecule has 0 aliphatic rings. The van der Waals surface area contributed by atoms with Gasteiger partial charge in [0.2, 0.25) is 5.91 Å². The molecule has 0 bridgehead atoms. The second-order valence-corrected chi connectivity index (χ2v) is 4.86. The lowest BCUT2D eigenvalue weighted by Gasteiger charge is -2.14. The highest BCUT2D eigenvalue weighted by Gasteiger charge is 2.05. The highest BCUT2D eigenvalue weighted by atomic mass is 19.1. The number of hydrogen-bond acceptors (Lipinski definition) is 2. The van der Waals surface area contributed by atoms with Gasteiger partial charge in [-0.25, -0.2) is 9.38 Å². The van der Waals surface area contributed by atoms with Gasteiger partial charge in [0, 0.05) is 20.6 Å². The molecule has 0 atom stereocenters.